The molecule has 0 spiro atoms. The van der Waals surface area contributed by atoms with Gasteiger partial charge in [-0.1, -0.05) is 46.3 Å². The molecule has 2 aromatic carbocycles. The maximum Gasteiger partial charge on any atom is 0.406 e. The average molecular weight is 453 g/mol. The molecule has 144 valence electrons. The van der Waals surface area contributed by atoms with E-state index in [1.54, 1.807) is 13.8 Å². The van der Waals surface area contributed by atoms with Crippen molar-refractivity contribution in [3.05, 3.63) is 64.1 Å². The molecule has 6 nitrogen and oxygen atoms in total. The second-order valence-corrected chi connectivity index (χ2v) is 8.81. The lowest BCUT2D eigenvalue weighted by molar-refractivity contribution is -0.121. The Morgan fingerprint density at radius 3 is 2.41 bits per heavy atom. The zero-order valence-corrected chi connectivity index (χ0v) is 17.7. The van der Waals surface area contributed by atoms with Crippen molar-refractivity contribution in [3.63, 3.8) is 0 Å². The summed E-state index contributed by atoms with van der Waals surface area (Å²) < 4.78 is 24.9. The highest BCUT2D eigenvalue weighted by molar-refractivity contribution is 9.10. The fourth-order valence-electron chi connectivity index (χ4n) is 3.23. The number of amides is 1. The summed E-state index contributed by atoms with van der Waals surface area (Å²) in [6, 6.07) is 15.1. The number of carbonyl (C=O) groups is 1. The van der Waals surface area contributed by atoms with Crippen molar-refractivity contribution >= 4 is 35.3 Å². The van der Waals surface area contributed by atoms with Gasteiger partial charge in [0, 0.05) is 22.1 Å². The van der Waals surface area contributed by atoms with Gasteiger partial charge in [-0.05, 0) is 37.6 Å². The Morgan fingerprint density at radius 1 is 1.11 bits per heavy atom. The molecule has 0 radical (unpaired) electrons. The highest BCUT2D eigenvalue weighted by atomic mass is 79.9. The molecule has 1 aliphatic heterocycles. The quantitative estimate of drug-likeness (QED) is 0.571. The maximum absolute atomic E-state index is 13.3. The van der Waals surface area contributed by atoms with Crippen LogP contribution in [0.3, 0.4) is 0 Å². The Kier molecular flexibility index (Phi) is 6.18. The average Bonchev–Trinajstić information content (AvgIpc) is 2.87. The molecule has 1 unspecified atom stereocenters. The molecule has 0 fully saturated rings. The van der Waals surface area contributed by atoms with Gasteiger partial charge in [-0.15, -0.1) is 0 Å². The SMILES string of the molecule is CCOP(=O)(NC1(Cc2ccccc2)C(=O)Nc2ccc(Br)cc21)OCC. The fraction of sp³-hybridized carbons (Fsp3) is 0.316. The van der Waals surface area contributed by atoms with Gasteiger partial charge in [0.1, 0.15) is 5.54 Å². The lowest BCUT2D eigenvalue weighted by atomic mass is 9.86. The first-order valence-electron chi connectivity index (χ1n) is 8.76. The number of anilines is 1. The molecule has 0 aliphatic carbocycles. The monoisotopic (exact) mass is 452 g/mol. The van der Waals surface area contributed by atoms with Crippen LogP contribution in [0.15, 0.2) is 53.0 Å². The van der Waals surface area contributed by atoms with Gasteiger partial charge in [0.05, 0.1) is 13.2 Å². The van der Waals surface area contributed by atoms with Crippen molar-refractivity contribution in [3.8, 4) is 0 Å². The third kappa shape index (κ3) is 4.18. The van der Waals surface area contributed by atoms with Crippen molar-refractivity contribution < 1.29 is 18.4 Å². The van der Waals surface area contributed by atoms with Crippen molar-refractivity contribution in [2.45, 2.75) is 25.8 Å². The van der Waals surface area contributed by atoms with E-state index in [2.05, 4.69) is 26.3 Å². The van der Waals surface area contributed by atoms with Crippen molar-refractivity contribution in [1.29, 1.82) is 0 Å². The molecule has 2 aromatic rings. The van der Waals surface area contributed by atoms with Gasteiger partial charge < -0.3 is 5.32 Å². The van der Waals surface area contributed by atoms with E-state index in [0.717, 1.165) is 10.0 Å². The highest BCUT2D eigenvalue weighted by Crippen LogP contribution is 2.51. The van der Waals surface area contributed by atoms with Gasteiger partial charge in [0.2, 0.25) is 5.91 Å². The smallest absolute Gasteiger partial charge is 0.324 e. The van der Waals surface area contributed by atoms with Crippen molar-refractivity contribution in [2.75, 3.05) is 18.5 Å². The normalized spacial score (nSPS) is 19.0. The number of rotatable bonds is 8. The zero-order chi connectivity index (χ0) is 19.5. The summed E-state index contributed by atoms with van der Waals surface area (Å²) >= 11 is 3.46. The van der Waals surface area contributed by atoms with E-state index in [0.29, 0.717) is 17.7 Å². The minimum absolute atomic E-state index is 0.193. The lowest BCUT2D eigenvalue weighted by Crippen LogP contribution is -2.48. The van der Waals surface area contributed by atoms with Crippen LogP contribution >= 0.6 is 23.7 Å². The second-order valence-electron chi connectivity index (χ2n) is 6.16. The Bertz CT molecular complexity index is 867. The first kappa shape index (κ1) is 20.2. The van der Waals surface area contributed by atoms with E-state index in [4.69, 9.17) is 9.05 Å². The van der Waals surface area contributed by atoms with Crippen LogP contribution in [0, 0.1) is 0 Å². The van der Waals surface area contributed by atoms with Crippen LogP contribution in [0.4, 0.5) is 5.69 Å². The summed E-state index contributed by atoms with van der Waals surface area (Å²) in [5, 5.41) is 5.86. The van der Waals surface area contributed by atoms with E-state index in [9.17, 15) is 9.36 Å². The number of hydrogen-bond acceptors (Lipinski definition) is 4. The third-order valence-corrected chi connectivity index (χ3v) is 6.66. The summed E-state index contributed by atoms with van der Waals surface area (Å²) in [6.07, 6.45) is 0.299. The molecule has 1 heterocycles. The van der Waals surface area contributed by atoms with Gasteiger partial charge in [0.15, 0.2) is 0 Å². The molecule has 1 amide bonds. The summed E-state index contributed by atoms with van der Waals surface area (Å²) in [6.45, 7) is 3.85. The molecule has 2 N–H and O–H groups in total. The molecule has 0 saturated heterocycles. The van der Waals surface area contributed by atoms with Crippen LogP contribution in [-0.4, -0.2) is 19.1 Å². The molecular weight excluding hydrogens is 431 g/mol. The Balaban J connectivity index is 2.12. The molecule has 8 heteroatoms. The van der Waals surface area contributed by atoms with E-state index < -0.39 is 13.3 Å². The van der Waals surface area contributed by atoms with Gasteiger partial charge in [-0.3, -0.25) is 13.8 Å². The number of hydrogen-bond donors (Lipinski definition) is 2. The number of fused-ring (bicyclic) bond motifs is 1. The van der Waals surface area contributed by atoms with Crippen LogP contribution in [0.5, 0.6) is 0 Å². The number of carbonyl (C=O) groups excluding carboxylic acids is 1. The van der Waals surface area contributed by atoms with Gasteiger partial charge in [-0.25, -0.2) is 9.65 Å². The van der Waals surface area contributed by atoms with Crippen LogP contribution < -0.4 is 10.4 Å². The van der Waals surface area contributed by atoms with E-state index in [1.807, 2.05) is 48.5 Å². The molecule has 0 saturated carbocycles. The van der Waals surface area contributed by atoms with Crippen LogP contribution in [0.25, 0.3) is 0 Å². The summed E-state index contributed by atoms with van der Waals surface area (Å²) in [7, 11) is -3.71. The fourth-order valence-corrected chi connectivity index (χ4v) is 5.25. The minimum Gasteiger partial charge on any atom is -0.324 e. The molecule has 27 heavy (non-hydrogen) atoms. The minimum atomic E-state index is -3.71. The highest BCUT2D eigenvalue weighted by Gasteiger charge is 2.51. The second kappa shape index (κ2) is 8.25. The molecule has 0 aromatic heterocycles. The lowest BCUT2D eigenvalue weighted by Gasteiger charge is -2.32. The summed E-state index contributed by atoms with van der Waals surface area (Å²) in [4.78, 5) is 13.1. The number of halogens is 1. The summed E-state index contributed by atoms with van der Waals surface area (Å²) in [5.74, 6) is -0.293. The standard InChI is InChI=1S/C19H22BrN2O4P/c1-3-25-27(24,26-4-2)22-19(13-14-8-6-5-7-9-14)16-12-15(20)10-11-17(16)21-18(19)23/h5-12H,3-4,13H2,1-2H3,(H,21,23)(H,22,24). The number of benzene rings is 2. The first-order chi connectivity index (χ1) is 12.9. The van der Waals surface area contributed by atoms with Crippen molar-refractivity contribution in [2.24, 2.45) is 0 Å². The first-order valence-corrected chi connectivity index (χ1v) is 11.1. The number of nitrogens with one attached hydrogen (secondary N) is 2. The van der Waals surface area contributed by atoms with Gasteiger partial charge in [0.25, 0.3) is 0 Å². The predicted molar refractivity (Wildman–Crippen MR) is 109 cm³/mol. The molecule has 0 bridgehead atoms. The van der Waals surface area contributed by atoms with E-state index in [-0.39, 0.29) is 19.1 Å². The topological polar surface area (TPSA) is 76.7 Å². The third-order valence-electron chi connectivity index (χ3n) is 4.32. The largest absolute Gasteiger partial charge is 0.406 e. The molecular formula is C19H22BrN2O4P. The van der Waals surface area contributed by atoms with E-state index >= 15 is 0 Å². The predicted octanol–water partition coefficient (Wildman–Crippen LogP) is 4.61. The van der Waals surface area contributed by atoms with Gasteiger partial charge >= 0.3 is 7.75 Å². The maximum atomic E-state index is 13.3. The van der Waals surface area contributed by atoms with Crippen LogP contribution in [0.1, 0.15) is 25.0 Å². The Labute approximate surface area is 167 Å². The summed E-state index contributed by atoms with van der Waals surface area (Å²) in [5.41, 5.74) is 1.02. The van der Waals surface area contributed by atoms with Crippen molar-refractivity contribution in [1.82, 2.24) is 5.09 Å². The Hall–Kier alpha value is -1.50. The van der Waals surface area contributed by atoms with Gasteiger partial charge in [-0.2, -0.15) is 0 Å². The molecule has 1 aliphatic rings. The molecule has 3 rings (SSSR count). The zero-order valence-electron chi connectivity index (χ0n) is 15.2. The van der Waals surface area contributed by atoms with Crippen LogP contribution in [0.2, 0.25) is 0 Å². The Morgan fingerprint density at radius 2 is 1.78 bits per heavy atom. The van der Waals surface area contributed by atoms with Crippen LogP contribution in [-0.2, 0) is 30.4 Å². The van der Waals surface area contributed by atoms with E-state index in [1.165, 1.54) is 0 Å². The molecule has 1 atom stereocenters.